The molecule has 6 heteroatoms. The number of amides is 1. The maximum absolute atomic E-state index is 13.1. The Balaban J connectivity index is 1.76. The van der Waals surface area contributed by atoms with Crippen LogP contribution in [-0.2, 0) is 16.1 Å². The van der Waals surface area contributed by atoms with E-state index in [4.69, 9.17) is 4.74 Å². The van der Waals surface area contributed by atoms with E-state index in [1.807, 2.05) is 30.3 Å². The van der Waals surface area contributed by atoms with Crippen molar-refractivity contribution in [3.8, 4) is 5.75 Å². The molecule has 1 amide bonds. The number of carbonyl (C=O) groups excluding carboxylic acids is 2. The summed E-state index contributed by atoms with van der Waals surface area (Å²) in [4.78, 5) is 31.9. The summed E-state index contributed by atoms with van der Waals surface area (Å²) < 4.78 is 5.75. The van der Waals surface area contributed by atoms with E-state index in [-0.39, 0.29) is 17.9 Å². The average molecular weight is 443 g/mol. The molecule has 1 fully saturated rings. The van der Waals surface area contributed by atoms with Gasteiger partial charge in [-0.25, -0.2) is 0 Å². The van der Waals surface area contributed by atoms with E-state index in [0.717, 1.165) is 18.4 Å². The molecule has 4 rings (SSSR count). The molecule has 0 aliphatic carbocycles. The third-order valence-electron chi connectivity index (χ3n) is 5.61. The fourth-order valence-electron chi connectivity index (χ4n) is 3.93. The van der Waals surface area contributed by atoms with Gasteiger partial charge >= 0.3 is 0 Å². The zero-order chi connectivity index (χ0) is 23.2. The van der Waals surface area contributed by atoms with Gasteiger partial charge in [-0.3, -0.25) is 14.6 Å². The fourth-order valence-corrected chi connectivity index (χ4v) is 3.93. The Bertz CT molecular complexity index is 1160. The van der Waals surface area contributed by atoms with Gasteiger partial charge in [-0.1, -0.05) is 61.9 Å². The molecule has 1 saturated heterocycles. The van der Waals surface area contributed by atoms with Gasteiger partial charge in [0.25, 0.3) is 11.7 Å². The Morgan fingerprint density at radius 1 is 1.06 bits per heavy atom. The number of ether oxygens (including phenoxy) is 1. The van der Waals surface area contributed by atoms with Crippen molar-refractivity contribution >= 4 is 17.4 Å². The third-order valence-corrected chi connectivity index (χ3v) is 5.61. The monoisotopic (exact) mass is 442 g/mol. The maximum Gasteiger partial charge on any atom is 0.295 e. The van der Waals surface area contributed by atoms with Gasteiger partial charge < -0.3 is 14.7 Å². The lowest BCUT2D eigenvalue weighted by Gasteiger charge is -2.25. The van der Waals surface area contributed by atoms with E-state index in [1.165, 1.54) is 4.90 Å². The largest absolute Gasteiger partial charge is 0.507 e. The van der Waals surface area contributed by atoms with Crippen LogP contribution in [0, 0.1) is 0 Å². The van der Waals surface area contributed by atoms with Gasteiger partial charge in [0.05, 0.1) is 18.2 Å². The number of rotatable bonds is 8. The molecule has 1 atom stereocenters. The summed E-state index contributed by atoms with van der Waals surface area (Å²) in [5.74, 6) is -0.984. The zero-order valence-electron chi connectivity index (χ0n) is 18.5. The predicted molar refractivity (Wildman–Crippen MR) is 125 cm³/mol. The van der Waals surface area contributed by atoms with E-state index in [9.17, 15) is 14.7 Å². The van der Waals surface area contributed by atoms with Crippen molar-refractivity contribution in [3.05, 3.63) is 101 Å². The van der Waals surface area contributed by atoms with Gasteiger partial charge in [0.2, 0.25) is 0 Å². The second-order valence-corrected chi connectivity index (χ2v) is 7.93. The number of unbranched alkanes of at least 4 members (excludes halogenated alkanes) is 1. The van der Waals surface area contributed by atoms with Gasteiger partial charge in [0, 0.05) is 24.5 Å². The van der Waals surface area contributed by atoms with Crippen LogP contribution in [0.4, 0.5) is 0 Å². The Kier molecular flexibility index (Phi) is 6.83. The molecule has 2 heterocycles. The van der Waals surface area contributed by atoms with Gasteiger partial charge in [-0.15, -0.1) is 0 Å². The van der Waals surface area contributed by atoms with Crippen molar-refractivity contribution in [1.82, 2.24) is 9.88 Å². The number of Topliss-reactive ketones (excluding diaryl/α,β-unsaturated/α-hetero) is 1. The molecule has 6 nitrogen and oxygen atoms in total. The first-order valence-corrected chi connectivity index (χ1v) is 11.1. The van der Waals surface area contributed by atoms with Gasteiger partial charge in [-0.2, -0.15) is 0 Å². The number of aliphatic hydroxyl groups excluding tert-OH is 1. The molecule has 2 aromatic carbocycles. The lowest BCUT2D eigenvalue weighted by Crippen LogP contribution is -2.29. The average Bonchev–Trinajstić information content (AvgIpc) is 3.10. The number of aromatic nitrogens is 1. The normalized spacial score (nSPS) is 17.4. The first-order valence-electron chi connectivity index (χ1n) is 11.1. The zero-order valence-corrected chi connectivity index (χ0v) is 18.5. The molecule has 33 heavy (non-hydrogen) atoms. The van der Waals surface area contributed by atoms with E-state index in [2.05, 4.69) is 11.9 Å². The minimum absolute atomic E-state index is 0.0506. The molecule has 1 N–H and O–H groups in total. The molecule has 1 aromatic heterocycles. The van der Waals surface area contributed by atoms with Crippen LogP contribution < -0.4 is 4.74 Å². The summed E-state index contributed by atoms with van der Waals surface area (Å²) in [5, 5.41) is 11.2. The van der Waals surface area contributed by atoms with Crippen LogP contribution in [0.5, 0.6) is 5.75 Å². The summed E-state index contributed by atoms with van der Waals surface area (Å²) in [6, 6.07) is 19.2. The van der Waals surface area contributed by atoms with Crippen LogP contribution in [0.15, 0.2) is 84.7 Å². The van der Waals surface area contributed by atoms with Crippen molar-refractivity contribution in [2.24, 2.45) is 0 Å². The Morgan fingerprint density at radius 2 is 1.88 bits per heavy atom. The van der Waals surface area contributed by atoms with Crippen molar-refractivity contribution < 1.29 is 19.4 Å². The molecule has 0 bridgehead atoms. The SMILES string of the molecule is CCCCOc1cccc(C(O)=C2C(=O)C(=O)N(Cc3ccccc3)C2c2cccnc2)c1. The number of nitrogens with zero attached hydrogens (tertiary/aromatic N) is 2. The first-order chi connectivity index (χ1) is 16.1. The molecule has 0 radical (unpaired) electrons. The summed E-state index contributed by atoms with van der Waals surface area (Å²) in [6.07, 6.45) is 5.17. The van der Waals surface area contributed by atoms with Crippen molar-refractivity contribution in [3.63, 3.8) is 0 Å². The highest BCUT2D eigenvalue weighted by atomic mass is 16.5. The fraction of sp³-hybridized carbons (Fsp3) is 0.222. The molecule has 168 valence electrons. The molecule has 1 aliphatic heterocycles. The third kappa shape index (κ3) is 4.80. The van der Waals surface area contributed by atoms with E-state index < -0.39 is 17.7 Å². The predicted octanol–water partition coefficient (Wildman–Crippen LogP) is 4.88. The van der Waals surface area contributed by atoms with Crippen molar-refractivity contribution in [2.75, 3.05) is 6.61 Å². The van der Waals surface area contributed by atoms with Crippen LogP contribution in [0.2, 0.25) is 0 Å². The molecule has 0 spiro atoms. The minimum atomic E-state index is -0.747. The number of hydrogen-bond acceptors (Lipinski definition) is 5. The number of hydrogen-bond donors (Lipinski definition) is 1. The highest BCUT2D eigenvalue weighted by Crippen LogP contribution is 2.40. The Morgan fingerprint density at radius 3 is 2.61 bits per heavy atom. The summed E-state index contributed by atoms with van der Waals surface area (Å²) in [5.41, 5.74) is 2.02. The molecule has 0 saturated carbocycles. The van der Waals surface area contributed by atoms with Gasteiger partial charge in [0.15, 0.2) is 0 Å². The maximum atomic E-state index is 13.1. The van der Waals surface area contributed by atoms with Crippen LogP contribution >= 0.6 is 0 Å². The number of carbonyl (C=O) groups is 2. The van der Waals surface area contributed by atoms with Crippen LogP contribution in [0.3, 0.4) is 0 Å². The summed E-state index contributed by atoms with van der Waals surface area (Å²) in [7, 11) is 0. The number of ketones is 1. The van der Waals surface area contributed by atoms with Gasteiger partial charge in [0.1, 0.15) is 11.5 Å². The summed E-state index contributed by atoms with van der Waals surface area (Å²) >= 11 is 0. The van der Waals surface area contributed by atoms with E-state index in [1.54, 1.807) is 48.8 Å². The number of benzene rings is 2. The van der Waals surface area contributed by atoms with Crippen molar-refractivity contribution in [1.29, 1.82) is 0 Å². The van der Waals surface area contributed by atoms with Gasteiger partial charge in [-0.05, 0) is 35.7 Å². The first kappa shape index (κ1) is 22.3. The van der Waals surface area contributed by atoms with Crippen LogP contribution in [0.1, 0.15) is 42.5 Å². The lowest BCUT2D eigenvalue weighted by atomic mass is 9.96. The molecular weight excluding hydrogens is 416 g/mol. The standard InChI is InChI=1S/C27H26N2O4/c1-2-3-15-33-22-13-7-11-20(16-22)25(30)23-24(21-12-8-14-28-17-21)29(27(32)26(23)31)18-19-9-5-4-6-10-19/h4-14,16-17,24,30H,2-3,15,18H2,1H3. The highest BCUT2D eigenvalue weighted by Gasteiger charge is 2.46. The minimum Gasteiger partial charge on any atom is -0.507 e. The topological polar surface area (TPSA) is 79.7 Å². The molecule has 1 aliphatic rings. The number of pyridine rings is 1. The quantitative estimate of drug-likeness (QED) is 0.233. The Labute approximate surface area is 193 Å². The smallest absolute Gasteiger partial charge is 0.295 e. The summed E-state index contributed by atoms with van der Waals surface area (Å²) in [6.45, 7) is 2.89. The Hall–Kier alpha value is -3.93. The molecule has 1 unspecified atom stereocenters. The lowest BCUT2D eigenvalue weighted by molar-refractivity contribution is -0.140. The van der Waals surface area contributed by atoms with Crippen molar-refractivity contribution in [2.45, 2.75) is 32.4 Å². The number of aliphatic hydroxyl groups is 1. The second-order valence-electron chi connectivity index (χ2n) is 7.93. The molecule has 3 aromatic rings. The van der Waals surface area contributed by atoms with Crippen LogP contribution in [-0.4, -0.2) is 33.3 Å². The number of likely N-dealkylation sites (tertiary alicyclic amines) is 1. The van der Waals surface area contributed by atoms with E-state index in [0.29, 0.717) is 23.5 Å². The molecular formula is C27H26N2O4. The highest BCUT2D eigenvalue weighted by molar-refractivity contribution is 6.46. The van der Waals surface area contributed by atoms with E-state index >= 15 is 0 Å². The van der Waals surface area contributed by atoms with Crippen LogP contribution in [0.25, 0.3) is 5.76 Å². The second kappa shape index (κ2) is 10.1.